The van der Waals surface area contributed by atoms with Gasteiger partial charge in [0, 0.05) is 13.0 Å². The van der Waals surface area contributed by atoms with Gasteiger partial charge < -0.3 is 15.4 Å². The maximum Gasteiger partial charge on any atom is 0.315 e. The maximum atomic E-state index is 12.1. The molecular formula is C18H26N2O3. The fourth-order valence-corrected chi connectivity index (χ4v) is 2.57. The molecule has 1 aromatic carbocycles. The molecule has 2 rings (SSSR count). The molecule has 0 radical (unpaired) electrons. The molecule has 0 bridgehead atoms. The molecule has 126 valence electrons. The monoisotopic (exact) mass is 318 g/mol. The Balaban J connectivity index is 1.73. The van der Waals surface area contributed by atoms with Crippen LogP contribution < -0.4 is 10.6 Å². The third kappa shape index (κ3) is 5.93. The summed E-state index contributed by atoms with van der Waals surface area (Å²) in [5, 5.41) is 5.95. The summed E-state index contributed by atoms with van der Waals surface area (Å²) in [5.74, 6) is 0.338. The molecule has 1 aromatic rings. The number of hydrogen-bond acceptors (Lipinski definition) is 3. The fraction of sp³-hybridized carbons (Fsp3) is 0.556. The number of unbranched alkanes of at least 4 members (excludes halogenated alkanes) is 1. The number of nitrogens with one attached hydrogen (secondary N) is 2. The minimum absolute atomic E-state index is 0.0886. The van der Waals surface area contributed by atoms with Gasteiger partial charge in [-0.05, 0) is 44.1 Å². The molecule has 5 nitrogen and oxygen atoms in total. The van der Waals surface area contributed by atoms with E-state index in [1.807, 2.05) is 0 Å². The number of urea groups is 1. The third-order valence-corrected chi connectivity index (χ3v) is 4.14. The number of aryl methyl sites for hydroxylation is 1. The smallest absolute Gasteiger partial charge is 0.315 e. The SMILES string of the molecule is COC(=O)CCCCNC(=O)NC(c1ccc(C)cc1)C1CC1. The summed E-state index contributed by atoms with van der Waals surface area (Å²) >= 11 is 0. The van der Waals surface area contributed by atoms with Gasteiger partial charge >= 0.3 is 12.0 Å². The maximum absolute atomic E-state index is 12.1. The third-order valence-electron chi connectivity index (χ3n) is 4.14. The van der Waals surface area contributed by atoms with E-state index >= 15 is 0 Å². The quantitative estimate of drug-likeness (QED) is 0.572. The molecule has 1 saturated carbocycles. The normalized spacial score (nSPS) is 14.9. The Morgan fingerprint density at radius 2 is 1.91 bits per heavy atom. The Hall–Kier alpha value is -2.04. The van der Waals surface area contributed by atoms with Crippen molar-refractivity contribution in [3.8, 4) is 0 Å². The number of amides is 2. The highest BCUT2D eigenvalue weighted by Crippen LogP contribution is 2.40. The molecule has 1 aliphatic rings. The Bertz CT molecular complexity index is 524. The highest BCUT2D eigenvalue weighted by atomic mass is 16.5. The standard InChI is InChI=1S/C18H26N2O3/c1-13-6-8-14(9-7-13)17(15-10-11-15)20-18(22)19-12-4-3-5-16(21)23-2/h6-9,15,17H,3-5,10-12H2,1-2H3,(H2,19,20,22). The van der Waals surface area contributed by atoms with Gasteiger partial charge in [-0.2, -0.15) is 0 Å². The van der Waals surface area contributed by atoms with E-state index in [1.165, 1.54) is 18.2 Å². The minimum Gasteiger partial charge on any atom is -0.469 e. The molecule has 5 heteroatoms. The lowest BCUT2D eigenvalue weighted by Crippen LogP contribution is -2.39. The second-order valence-corrected chi connectivity index (χ2v) is 6.16. The first-order valence-corrected chi connectivity index (χ1v) is 8.28. The van der Waals surface area contributed by atoms with Crippen LogP contribution >= 0.6 is 0 Å². The Kier molecular flexibility index (Phi) is 6.44. The first kappa shape index (κ1) is 17.3. The van der Waals surface area contributed by atoms with Crippen LogP contribution in [0.4, 0.5) is 4.79 Å². The van der Waals surface area contributed by atoms with Gasteiger partial charge in [0.1, 0.15) is 0 Å². The topological polar surface area (TPSA) is 67.4 Å². The van der Waals surface area contributed by atoms with Crippen molar-refractivity contribution in [2.45, 2.75) is 45.1 Å². The zero-order valence-corrected chi connectivity index (χ0v) is 13.9. The van der Waals surface area contributed by atoms with Gasteiger partial charge in [0.05, 0.1) is 13.2 Å². The summed E-state index contributed by atoms with van der Waals surface area (Å²) in [6.45, 7) is 2.62. The number of carbonyl (C=O) groups is 2. The average molecular weight is 318 g/mol. The van der Waals surface area contributed by atoms with Crippen LogP contribution in [-0.4, -0.2) is 25.7 Å². The Labute approximate surface area is 137 Å². The summed E-state index contributed by atoms with van der Waals surface area (Å²) in [6, 6.07) is 8.30. The second-order valence-electron chi connectivity index (χ2n) is 6.16. The van der Waals surface area contributed by atoms with Crippen LogP contribution in [0.15, 0.2) is 24.3 Å². The van der Waals surface area contributed by atoms with E-state index in [1.54, 1.807) is 0 Å². The molecule has 23 heavy (non-hydrogen) atoms. The highest BCUT2D eigenvalue weighted by Gasteiger charge is 2.33. The van der Waals surface area contributed by atoms with Gasteiger partial charge in [0.15, 0.2) is 0 Å². The van der Waals surface area contributed by atoms with Crippen molar-refractivity contribution in [3.05, 3.63) is 35.4 Å². The van der Waals surface area contributed by atoms with E-state index in [9.17, 15) is 9.59 Å². The van der Waals surface area contributed by atoms with E-state index in [0.717, 1.165) is 25.7 Å². The van der Waals surface area contributed by atoms with Crippen molar-refractivity contribution in [1.82, 2.24) is 10.6 Å². The molecule has 0 spiro atoms. The van der Waals surface area contributed by atoms with Gasteiger partial charge in [-0.1, -0.05) is 29.8 Å². The Morgan fingerprint density at radius 1 is 1.22 bits per heavy atom. The molecule has 0 heterocycles. The van der Waals surface area contributed by atoms with Gasteiger partial charge in [-0.3, -0.25) is 4.79 Å². The molecule has 2 N–H and O–H groups in total. The molecule has 0 saturated heterocycles. The zero-order chi connectivity index (χ0) is 16.7. The van der Waals surface area contributed by atoms with Crippen LogP contribution in [0.3, 0.4) is 0 Å². The number of hydrogen-bond donors (Lipinski definition) is 2. The summed E-state index contributed by atoms with van der Waals surface area (Å²) in [4.78, 5) is 23.1. The number of benzene rings is 1. The van der Waals surface area contributed by atoms with E-state index in [-0.39, 0.29) is 18.0 Å². The number of esters is 1. The fourth-order valence-electron chi connectivity index (χ4n) is 2.57. The summed E-state index contributed by atoms with van der Waals surface area (Å²) in [7, 11) is 1.39. The lowest BCUT2D eigenvalue weighted by atomic mass is 10.0. The minimum atomic E-state index is -0.206. The van der Waals surface area contributed by atoms with Crippen molar-refractivity contribution in [1.29, 1.82) is 0 Å². The second kappa shape index (κ2) is 8.56. The molecule has 1 fully saturated rings. The lowest BCUT2D eigenvalue weighted by molar-refractivity contribution is -0.140. The van der Waals surface area contributed by atoms with Gasteiger partial charge in [0.2, 0.25) is 0 Å². The number of ether oxygens (including phenoxy) is 1. The average Bonchev–Trinajstić information content (AvgIpc) is 3.38. The summed E-state index contributed by atoms with van der Waals surface area (Å²) in [6.07, 6.45) is 4.21. The largest absolute Gasteiger partial charge is 0.469 e. The van der Waals surface area contributed by atoms with Crippen LogP contribution in [-0.2, 0) is 9.53 Å². The van der Waals surface area contributed by atoms with Gasteiger partial charge in [-0.15, -0.1) is 0 Å². The van der Waals surface area contributed by atoms with E-state index in [2.05, 4.69) is 46.6 Å². The first-order valence-electron chi connectivity index (χ1n) is 8.28. The molecule has 1 atom stereocenters. The van der Waals surface area contributed by atoms with E-state index < -0.39 is 0 Å². The molecule has 2 amide bonds. The molecule has 1 unspecified atom stereocenters. The van der Waals surface area contributed by atoms with Crippen molar-refractivity contribution in [3.63, 3.8) is 0 Å². The van der Waals surface area contributed by atoms with E-state index in [4.69, 9.17) is 0 Å². The van der Waals surface area contributed by atoms with Crippen LogP contribution in [0.2, 0.25) is 0 Å². The Morgan fingerprint density at radius 3 is 2.52 bits per heavy atom. The van der Waals surface area contributed by atoms with Crippen molar-refractivity contribution < 1.29 is 14.3 Å². The molecule has 0 aromatic heterocycles. The number of methoxy groups -OCH3 is 1. The van der Waals surface area contributed by atoms with Crippen molar-refractivity contribution >= 4 is 12.0 Å². The van der Waals surface area contributed by atoms with Crippen molar-refractivity contribution in [2.24, 2.45) is 5.92 Å². The summed E-state index contributed by atoms with van der Waals surface area (Å²) < 4.78 is 4.58. The van der Waals surface area contributed by atoms with Crippen LogP contribution in [0.5, 0.6) is 0 Å². The van der Waals surface area contributed by atoms with Gasteiger partial charge in [-0.25, -0.2) is 4.79 Å². The number of carbonyl (C=O) groups excluding carboxylic acids is 2. The predicted molar refractivity (Wildman–Crippen MR) is 89.0 cm³/mol. The van der Waals surface area contributed by atoms with Crippen LogP contribution in [0, 0.1) is 12.8 Å². The predicted octanol–water partition coefficient (Wildman–Crippen LogP) is 3.09. The van der Waals surface area contributed by atoms with E-state index in [0.29, 0.717) is 18.9 Å². The molecular weight excluding hydrogens is 292 g/mol. The highest BCUT2D eigenvalue weighted by molar-refractivity contribution is 5.74. The van der Waals surface area contributed by atoms with Crippen LogP contribution in [0.25, 0.3) is 0 Å². The molecule has 0 aliphatic heterocycles. The summed E-state index contributed by atoms with van der Waals surface area (Å²) in [5.41, 5.74) is 2.39. The van der Waals surface area contributed by atoms with Gasteiger partial charge in [0.25, 0.3) is 0 Å². The zero-order valence-electron chi connectivity index (χ0n) is 13.9. The van der Waals surface area contributed by atoms with Crippen LogP contribution in [0.1, 0.15) is 49.3 Å². The van der Waals surface area contributed by atoms with Crippen molar-refractivity contribution in [2.75, 3.05) is 13.7 Å². The lowest BCUT2D eigenvalue weighted by Gasteiger charge is -2.19. The first-order chi connectivity index (χ1) is 11.1. The molecule has 1 aliphatic carbocycles. The number of rotatable bonds is 8.